The van der Waals surface area contributed by atoms with Crippen LogP contribution in [0.4, 0.5) is 0 Å². The zero-order valence-corrected chi connectivity index (χ0v) is 10.9. The van der Waals surface area contributed by atoms with Crippen molar-refractivity contribution in [3.05, 3.63) is 12.2 Å². The molecule has 5 nitrogen and oxygen atoms in total. The average Bonchev–Trinajstić information content (AvgIpc) is 2.26. The minimum absolute atomic E-state index is 0.00241. The fraction of sp³-hybridized carbons (Fsp3) is 0.750. The Morgan fingerprint density at radius 1 is 1.18 bits per heavy atom. The molecule has 0 aromatic carbocycles. The van der Waals surface area contributed by atoms with E-state index in [9.17, 15) is 4.79 Å². The van der Waals surface area contributed by atoms with Gasteiger partial charge >= 0.3 is 0 Å². The number of hydrogen-bond acceptors (Lipinski definition) is 4. The standard InChI is InChI=1S/C12H24N2O3/c1-4-14(9-11(2)3)12(17)10-13(5-7-15)6-8-16/h15-16H,2,4-10H2,1,3H3. The van der Waals surface area contributed by atoms with Gasteiger partial charge in [0.15, 0.2) is 0 Å². The predicted molar refractivity (Wildman–Crippen MR) is 67.7 cm³/mol. The third-order valence-corrected chi connectivity index (χ3v) is 2.39. The molecule has 100 valence electrons. The van der Waals surface area contributed by atoms with E-state index in [-0.39, 0.29) is 25.7 Å². The summed E-state index contributed by atoms with van der Waals surface area (Å²) in [6.45, 7) is 9.78. The van der Waals surface area contributed by atoms with Crippen molar-refractivity contribution in [2.45, 2.75) is 13.8 Å². The molecule has 17 heavy (non-hydrogen) atoms. The summed E-state index contributed by atoms with van der Waals surface area (Å²) in [7, 11) is 0. The molecule has 0 aromatic heterocycles. The largest absolute Gasteiger partial charge is 0.395 e. The molecular formula is C12H24N2O3. The molecule has 0 unspecified atom stereocenters. The Balaban J connectivity index is 4.29. The van der Waals surface area contributed by atoms with Crippen molar-refractivity contribution in [2.75, 3.05) is 45.9 Å². The lowest BCUT2D eigenvalue weighted by molar-refractivity contribution is -0.132. The Morgan fingerprint density at radius 3 is 2.06 bits per heavy atom. The molecule has 2 N–H and O–H groups in total. The molecule has 0 saturated heterocycles. The molecule has 0 fully saturated rings. The van der Waals surface area contributed by atoms with Gasteiger partial charge in [-0.2, -0.15) is 0 Å². The normalized spacial score (nSPS) is 10.6. The van der Waals surface area contributed by atoms with Gasteiger partial charge in [-0.3, -0.25) is 9.69 Å². The van der Waals surface area contributed by atoms with E-state index < -0.39 is 0 Å². The summed E-state index contributed by atoms with van der Waals surface area (Å²) < 4.78 is 0. The Bertz CT molecular complexity index is 238. The predicted octanol–water partition coefficient (Wildman–Crippen LogP) is -0.302. The Kier molecular flexibility index (Phi) is 8.66. The summed E-state index contributed by atoms with van der Waals surface area (Å²) >= 11 is 0. The number of hydrogen-bond donors (Lipinski definition) is 2. The van der Waals surface area contributed by atoms with E-state index >= 15 is 0 Å². The van der Waals surface area contributed by atoms with Gasteiger partial charge in [0.1, 0.15) is 0 Å². The summed E-state index contributed by atoms with van der Waals surface area (Å²) in [4.78, 5) is 15.4. The topological polar surface area (TPSA) is 64.0 Å². The first-order chi connectivity index (χ1) is 8.04. The van der Waals surface area contributed by atoms with Crippen LogP contribution in [0.5, 0.6) is 0 Å². The number of aliphatic hydroxyl groups excluding tert-OH is 2. The van der Waals surface area contributed by atoms with E-state index in [4.69, 9.17) is 10.2 Å². The van der Waals surface area contributed by atoms with E-state index in [2.05, 4.69) is 6.58 Å². The van der Waals surface area contributed by atoms with Gasteiger partial charge in [0.25, 0.3) is 0 Å². The van der Waals surface area contributed by atoms with Crippen LogP contribution in [0.15, 0.2) is 12.2 Å². The molecule has 5 heteroatoms. The molecule has 0 aromatic rings. The van der Waals surface area contributed by atoms with Gasteiger partial charge in [-0.15, -0.1) is 0 Å². The second-order valence-electron chi connectivity index (χ2n) is 4.09. The highest BCUT2D eigenvalue weighted by Gasteiger charge is 2.15. The van der Waals surface area contributed by atoms with Crippen molar-refractivity contribution >= 4 is 5.91 Å². The Hall–Kier alpha value is -0.910. The highest BCUT2D eigenvalue weighted by Crippen LogP contribution is 1.99. The van der Waals surface area contributed by atoms with Crippen molar-refractivity contribution in [2.24, 2.45) is 0 Å². The molecule has 0 atom stereocenters. The summed E-state index contributed by atoms with van der Waals surface area (Å²) in [6, 6.07) is 0. The molecule has 0 heterocycles. The van der Waals surface area contributed by atoms with Gasteiger partial charge in [0, 0.05) is 26.2 Å². The van der Waals surface area contributed by atoms with Crippen molar-refractivity contribution in [3.8, 4) is 0 Å². The molecule has 0 aliphatic carbocycles. The maximum Gasteiger partial charge on any atom is 0.237 e. The number of likely N-dealkylation sites (N-methyl/N-ethyl adjacent to an activating group) is 1. The second kappa shape index (κ2) is 9.15. The molecule has 0 aliphatic heterocycles. The lowest BCUT2D eigenvalue weighted by atomic mass is 10.3. The third-order valence-electron chi connectivity index (χ3n) is 2.39. The van der Waals surface area contributed by atoms with Crippen LogP contribution in [0, 0.1) is 0 Å². The van der Waals surface area contributed by atoms with Crippen LogP contribution >= 0.6 is 0 Å². The highest BCUT2D eigenvalue weighted by molar-refractivity contribution is 5.78. The SMILES string of the molecule is C=C(C)CN(CC)C(=O)CN(CCO)CCO. The molecule has 0 radical (unpaired) electrons. The van der Waals surface area contributed by atoms with Crippen LogP contribution in [-0.4, -0.2) is 71.9 Å². The van der Waals surface area contributed by atoms with Crippen molar-refractivity contribution in [3.63, 3.8) is 0 Å². The van der Waals surface area contributed by atoms with Gasteiger partial charge in [-0.05, 0) is 13.8 Å². The first kappa shape index (κ1) is 16.1. The molecule has 0 saturated carbocycles. The minimum Gasteiger partial charge on any atom is -0.395 e. The van der Waals surface area contributed by atoms with Crippen LogP contribution in [0.1, 0.15) is 13.8 Å². The molecule has 0 bridgehead atoms. The lowest BCUT2D eigenvalue weighted by Crippen LogP contribution is -2.42. The quantitative estimate of drug-likeness (QED) is 0.547. The number of nitrogens with zero attached hydrogens (tertiary/aromatic N) is 2. The Labute approximate surface area is 103 Å². The molecule has 0 rings (SSSR count). The van der Waals surface area contributed by atoms with E-state index in [1.807, 2.05) is 13.8 Å². The maximum absolute atomic E-state index is 11.9. The van der Waals surface area contributed by atoms with Crippen molar-refractivity contribution < 1.29 is 15.0 Å². The molecule has 1 amide bonds. The molecule has 0 aliphatic rings. The fourth-order valence-corrected chi connectivity index (χ4v) is 1.55. The monoisotopic (exact) mass is 244 g/mol. The highest BCUT2D eigenvalue weighted by atomic mass is 16.3. The molecular weight excluding hydrogens is 220 g/mol. The van der Waals surface area contributed by atoms with Gasteiger partial charge in [0.05, 0.1) is 19.8 Å². The van der Waals surface area contributed by atoms with Crippen LogP contribution in [-0.2, 0) is 4.79 Å². The van der Waals surface area contributed by atoms with Crippen LogP contribution in [0.25, 0.3) is 0 Å². The third kappa shape index (κ3) is 7.10. The van der Waals surface area contributed by atoms with Gasteiger partial charge in [-0.1, -0.05) is 12.2 Å². The zero-order valence-electron chi connectivity index (χ0n) is 10.9. The van der Waals surface area contributed by atoms with E-state index in [1.165, 1.54) is 0 Å². The first-order valence-electron chi connectivity index (χ1n) is 5.91. The summed E-state index contributed by atoms with van der Waals surface area (Å²) in [5, 5.41) is 17.7. The summed E-state index contributed by atoms with van der Waals surface area (Å²) in [5.74, 6) is -0.00241. The minimum atomic E-state index is -0.0140. The van der Waals surface area contributed by atoms with Crippen molar-refractivity contribution in [1.29, 1.82) is 0 Å². The summed E-state index contributed by atoms with van der Waals surface area (Å²) in [5.41, 5.74) is 0.941. The zero-order chi connectivity index (χ0) is 13.3. The molecule has 0 spiro atoms. The fourth-order valence-electron chi connectivity index (χ4n) is 1.55. The number of carbonyl (C=O) groups is 1. The van der Waals surface area contributed by atoms with E-state index in [0.717, 1.165) is 5.57 Å². The number of rotatable bonds is 9. The van der Waals surface area contributed by atoms with Gasteiger partial charge in [0.2, 0.25) is 5.91 Å². The Morgan fingerprint density at radius 2 is 1.71 bits per heavy atom. The lowest BCUT2D eigenvalue weighted by Gasteiger charge is -2.26. The maximum atomic E-state index is 11.9. The van der Waals surface area contributed by atoms with E-state index in [1.54, 1.807) is 9.80 Å². The second-order valence-corrected chi connectivity index (χ2v) is 4.09. The van der Waals surface area contributed by atoms with Crippen molar-refractivity contribution in [1.82, 2.24) is 9.80 Å². The summed E-state index contributed by atoms with van der Waals surface area (Å²) in [6.07, 6.45) is 0. The van der Waals surface area contributed by atoms with E-state index in [0.29, 0.717) is 26.2 Å². The van der Waals surface area contributed by atoms with Crippen LogP contribution in [0.3, 0.4) is 0 Å². The number of aliphatic hydroxyl groups is 2. The number of amides is 1. The van der Waals surface area contributed by atoms with Gasteiger partial charge < -0.3 is 15.1 Å². The smallest absolute Gasteiger partial charge is 0.237 e. The average molecular weight is 244 g/mol. The van der Waals surface area contributed by atoms with Gasteiger partial charge in [-0.25, -0.2) is 0 Å². The first-order valence-corrected chi connectivity index (χ1v) is 5.91. The number of carbonyl (C=O) groups excluding carboxylic acids is 1. The van der Waals surface area contributed by atoms with Crippen LogP contribution in [0.2, 0.25) is 0 Å². The van der Waals surface area contributed by atoms with Crippen LogP contribution < -0.4 is 0 Å².